The third kappa shape index (κ3) is 8.07. The van der Waals surface area contributed by atoms with E-state index in [9.17, 15) is 0 Å². The Morgan fingerprint density at radius 1 is 1.31 bits per heavy atom. The number of ether oxygens (including phenoxy) is 1. The molecule has 2 unspecified atom stereocenters. The second-order valence-corrected chi connectivity index (χ2v) is 6.33. The molecule has 5 N–H and O–H groups in total. The van der Waals surface area contributed by atoms with Gasteiger partial charge in [0.2, 0.25) is 0 Å². The Balaban J connectivity index is 0. The van der Waals surface area contributed by atoms with E-state index in [0.29, 0.717) is 5.92 Å². The number of hydrogen-bond acceptors (Lipinski definition) is 7. The summed E-state index contributed by atoms with van der Waals surface area (Å²) in [4.78, 5) is 2.20. The van der Waals surface area contributed by atoms with Crippen molar-refractivity contribution < 1.29 is 38.3 Å². The van der Waals surface area contributed by atoms with Crippen LogP contribution in [0, 0.1) is 5.92 Å². The van der Waals surface area contributed by atoms with Crippen LogP contribution in [-0.4, -0.2) is 103 Å². The van der Waals surface area contributed by atoms with Crippen LogP contribution in [0.2, 0.25) is 0 Å². The first-order chi connectivity index (χ1) is 10.8. The van der Waals surface area contributed by atoms with E-state index in [2.05, 4.69) is 42.5 Å². The van der Waals surface area contributed by atoms with E-state index >= 15 is 0 Å². The van der Waals surface area contributed by atoms with Crippen molar-refractivity contribution in [2.24, 2.45) is 5.92 Å². The van der Waals surface area contributed by atoms with E-state index in [4.69, 9.17) is 27.4 Å². The maximum atomic E-state index is 9.00. The van der Waals surface area contributed by atoms with Crippen LogP contribution in [0.5, 0.6) is 0 Å². The number of nitrogens with zero attached hydrogens (tertiary/aromatic N) is 1. The van der Waals surface area contributed by atoms with Crippen LogP contribution in [0.3, 0.4) is 0 Å². The molecule has 0 fully saturated rings. The van der Waals surface area contributed by atoms with Crippen molar-refractivity contribution in [1.29, 1.82) is 0 Å². The van der Waals surface area contributed by atoms with Gasteiger partial charge in [-0.2, -0.15) is 0 Å². The van der Waals surface area contributed by atoms with Crippen molar-refractivity contribution in [3.8, 4) is 0 Å². The molecule has 2 aliphatic heterocycles. The van der Waals surface area contributed by atoms with Crippen molar-refractivity contribution in [3.63, 3.8) is 0 Å². The number of likely N-dealkylation sites (N-methyl/N-ethyl adjacent to an activating group) is 1. The van der Waals surface area contributed by atoms with Gasteiger partial charge >= 0.3 is 37.7 Å². The van der Waals surface area contributed by atoms with E-state index < -0.39 is 10.4 Å². The predicted molar refractivity (Wildman–Crippen MR) is 94.2 cm³/mol. The Kier molecular flexibility index (Phi) is 12.9. The standard InChI is InChI=1S/C15H19NO2.Ca.H2O4S.2H2O/c1-16-8-7-11-4-2-5-14-15(11)12(10-16)13(18-14)6-3-9-17;;1-5(2,3)4;;/h2,4-5,7-8,11,13,17H,3,6,9-10H2,1H3;;(H2,1,2,3,4);2*1H2/q;+2;;;/p-2. The van der Waals surface area contributed by atoms with E-state index in [-0.39, 0.29) is 61.4 Å². The van der Waals surface area contributed by atoms with Crippen molar-refractivity contribution in [2.75, 3.05) is 20.2 Å². The van der Waals surface area contributed by atoms with Crippen LogP contribution >= 0.6 is 0 Å². The first-order valence-corrected chi connectivity index (χ1v) is 8.57. The molecule has 0 aromatic rings. The van der Waals surface area contributed by atoms with Gasteiger partial charge in [0.05, 0.1) is 0 Å². The molecular formula is C15H23CaNO8S. The molecule has 2 atom stereocenters. The van der Waals surface area contributed by atoms with Crippen LogP contribution < -0.4 is 0 Å². The Morgan fingerprint density at radius 2 is 1.92 bits per heavy atom. The third-order valence-electron chi connectivity index (χ3n) is 3.76. The van der Waals surface area contributed by atoms with Crippen LogP contribution in [-0.2, 0) is 15.1 Å². The Bertz CT molecular complexity index is 663. The zero-order valence-corrected chi connectivity index (χ0v) is 17.4. The monoisotopic (exact) mass is 417 g/mol. The molecule has 2 heterocycles. The van der Waals surface area contributed by atoms with Crippen molar-refractivity contribution in [1.82, 2.24) is 4.90 Å². The molecule has 0 saturated carbocycles. The fourth-order valence-corrected chi connectivity index (χ4v) is 2.90. The molecule has 0 bridgehead atoms. The van der Waals surface area contributed by atoms with Crippen molar-refractivity contribution in [2.45, 2.75) is 18.9 Å². The quantitative estimate of drug-likeness (QED) is 0.334. The molecule has 3 rings (SSSR count). The normalized spacial score (nSPS) is 22.3. The summed E-state index contributed by atoms with van der Waals surface area (Å²) in [5.41, 5.74) is 2.73. The molecule has 1 aliphatic carbocycles. The molecule has 0 amide bonds. The van der Waals surface area contributed by atoms with E-state index in [1.807, 2.05) is 0 Å². The van der Waals surface area contributed by atoms with Gasteiger partial charge in [-0.1, -0.05) is 18.2 Å². The molecule has 0 saturated heterocycles. The first-order valence-electron chi connectivity index (χ1n) is 7.24. The van der Waals surface area contributed by atoms with Crippen LogP contribution in [0.4, 0.5) is 0 Å². The Labute approximate surface area is 182 Å². The number of aliphatic hydroxyl groups is 1. The molecule has 0 aromatic carbocycles. The van der Waals surface area contributed by atoms with Gasteiger partial charge in [-0.3, -0.25) is 8.42 Å². The van der Waals surface area contributed by atoms with E-state index in [0.717, 1.165) is 25.1 Å². The summed E-state index contributed by atoms with van der Waals surface area (Å²) in [6, 6.07) is 0. The van der Waals surface area contributed by atoms with Crippen molar-refractivity contribution >= 4 is 48.1 Å². The van der Waals surface area contributed by atoms with Gasteiger partial charge in [0.1, 0.15) is 11.9 Å². The summed E-state index contributed by atoms with van der Waals surface area (Å²) in [5.74, 6) is 1.38. The van der Waals surface area contributed by atoms with Crippen LogP contribution in [0.1, 0.15) is 12.8 Å². The molecule has 26 heavy (non-hydrogen) atoms. The molecule has 0 spiro atoms. The van der Waals surface area contributed by atoms with Gasteiger partial charge in [0.15, 0.2) is 0 Å². The van der Waals surface area contributed by atoms with E-state index in [1.54, 1.807) is 0 Å². The minimum absolute atomic E-state index is 0. The third-order valence-corrected chi connectivity index (χ3v) is 3.76. The molecule has 144 valence electrons. The van der Waals surface area contributed by atoms with Gasteiger partial charge in [0, 0.05) is 42.1 Å². The van der Waals surface area contributed by atoms with Crippen LogP contribution in [0.25, 0.3) is 0 Å². The summed E-state index contributed by atoms with van der Waals surface area (Å²) >= 11 is 0. The average Bonchev–Trinajstić information content (AvgIpc) is 2.69. The summed E-state index contributed by atoms with van der Waals surface area (Å²) < 4.78 is 40.1. The largest absolute Gasteiger partial charge is 2.00 e. The molecule has 0 radical (unpaired) electrons. The smallest absolute Gasteiger partial charge is 0.759 e. The SMILES string of the molecule is CN1C=CC2C=CC=C3OC(CCCO)C(=C32)C1.O.O.O=S(=O)([O-])[O-].[Ca+2]. The maximum absolute atomic E-state index is 9.00. The zero-order chi connectivity index (χ0) is 17.0. The summed E-state index contributed by atoms with van der Waals surface area (Å²) in [7, 11) is -3.07. The van der Waals surface area contributed by atoms with E-state index in [1.165, 1.54) is 11.1 Å². The second-order valence-electron chi connectivity index (χ2n) is 5.52. The van der Waals surface area contributed by atoms with Crippen molar-refractivity contribution in [3.05, 3.63) is 47.4 Å². The molecule has 11 heteroatoms. The zero-order valence-electron chi connectivity index (χ0n) is 14.4. The topological polar surface area (TPSA) is 176 Å². The van der Waals surface area contributed by atoms with Crippen LogP contribution in [0.15, 0.2) is 47.4 Å². The molecule has 3 aliphatic rings. The number of rotatable bonds is 3. The fourth-order valence-electron chi connectivity index (χ4n) is 2.90. The minimum Gasteiger partial charge on any atom is -0.759 e. The van der Waals surface area contributed by atoms with Gasteiger partial charge in [-0.05, 0) is 30.7 Å². The predicted octanol–water partition coefficient (Wildman–Crippen LogP) is -1.38. The minimum atomic E-state index is -5.17. The summed E-state index contributed by atoms with van der Waals surface area (Å²) in [5, 5.41) is 9.00. The maximum Gasteiger partial charge on any atom is 2.00 e. The van der Waals surface area contributed by atoms with Gasteiger partial charge in [-0.25, -0.2) is 0 Å². The summed E-state index contributed by atoms with van der Waals surface area (Å²) in [6.45, 7) is 1.15. The Morgan fingerprint density at radius 3 is 2.50 bits per heavy atom. The van der Waals surface area contributed by atoms with Gasteiger partial charge < -0.3 is 34.8 Å². The number of allylic oxidation sites excluding steroid dienone is 5. The molecule has 9 nitrogen and oxygen atoms in total. The number of aliphatic hydroxyl groups excluding tert-OH is 1. The molecule has 0 aromatic heterocycles. The van der Waals surface area contributed by atoms with Gasteiger partial charge in [0.25, 0.3) is 0 Å². The molecular weight excluding hydrogens is 394 g/mol. The average molecular weight is 417 g/mol. The fraction of sp³-hybridized carbons (Fsp3) is 0.467. The van der Waals surface area contributed by atoms with Gasteiger partial charge in [-0.15, -0.1) is 0 Å². The summed E-state index contributed by atoms with van der Waals surface area (Å²) in [6.07, 6.45) is 12.6. The first kappa shape index (κ1) is 27.8. The Hall–Kier alpha value is -0.430. The number of hydrogen-bond donors (Lipinski definition) is 1. The second kappa shape index (κ2) is 12.1.